The fourth-order valence-electron chi connectivity index (χ4n) is 3.71. The number of hydrogen-bond donors (Lipinski definition) is 2. The maximum Gasteiger partial charge on any atom is 0.263 e. The number of nitrogens with zero attached hydrogens (tertiary/aromatic N) is 1. The molecule has 0 unspecified atom stereocenters. The third-order valence-electron chi connectivity index (χ3n) is 5.48. The van der Waals surface area contributed by atoms with Crippen molar-refractivity contribution in [2.75, 3.05) is 13.1 Å². The van der Waals surface area contributed by atoms with Gasteiger partial charge in [0.2, 0.25) is 10.0 Å². The average Bonchev–Trinajstić information content (AvgIpc) is 2.80. The number of unbranched alkanes of at least 4 members (excludes halogenated alkanes) is 1. The number of carbonyl (C=O) groups is 1. The molecule has 2 aromatic rings. The quantitative estimate of drug-likeness (QED) is 0.494. The van der Waals surface area contributed by atoms with E-state index in [0.29, 0.717) is 19.4 Å². The summed E-state index contributed by atoms with van der Waals surface area (Å²) in [6.07, 6.45) is 4.05. The van der Waals surface area contributed by atoms with Crippen molar-refractivity contribution >= 4 is 21.5 Å². The fraction of sp³-hybridized carbons (Fsp3) is 0.348. The second-order valence-electron chi connectivity index (χ2n) is 7.43. The Labute approximate surface area is 178 Å². The van der Waals surface area contributed by atoms with Gasteiger partial charge in [0.1, 0.15) is 0 Å². The van der Waals surface area contributed by atoms with Crippen LogP contribution in [0.3, 0.4) is 0 Å². The van der Waals surface area contributed by atoms with Crippen LogP contribution in [0.2, 0.25) is 0 Å². The van der Waals surface area contributed by atoms with E-state index in [1.807, 2.05) is 31.2 Å². The predicted octanol–water partition coefficient (Wildman–Crippen LogP) is 3.84. The Morgan fingerprint density at radius 3 is 2.27 bits per heavy atom. The maximum atomic E-state index is 13.0. The van der Waals surface area contributed by atoms with Crippen LogP contribution in [0.5, 0.6) is 0 Å². The van der Waals surface area contributed by atoms with Gasteiger partial charge in [0.05, 0.1) is 0 Å². The molecule has 0 bridgehead atoms. The number of rotatable bonds is 8. The molecule has 2 aromatic carbocycles. The van der Waals surface area contributed by atoms with Gasteiger partial charge in [0, 0.05) is 13.1 Å². The van der Waals surface area contributed by atoms with Gasteiger partial charge in [0.25, 0.3) is 5.91 Å². The topological polar surface area (TPSA) is 86.7 Å². The highest BCUT2D eigenvalue weighted by Crippen LogP contribution is 2.28. The van der Waals surface area contributed by atoms with Crippen LogP contribution in [0.25, 0.3) is 16.7 Å². The molecule has 0 fully saturated rings. The molecule has 1 aliphatic heterocycles. The molecular formula is C23H28N2O4S. The van der Waals surface area contributed by atoms with Gasteiger partial charge in [0.15, 0.2) is 5.25 Å². The van der Waals surface area contributed by atoms with Crippen molar-refractivity contribution in [1.82, 2.24) is 9.79 Å². The zero-order valence-corrected chi connectivity index (χ0v) is 17.9. The molecule has 7 heteroatoms. The lowest BCUT2D eigenvalue weighted by molar-refractivity contribution is -0.128. The van der Waals surface area contributed by atoms with Crippen LogP contribution in [0.4, 0.5) is 0 Å². The minimum absolute atomic E-state index is 0.194. The number of benzene rings is 2. The fourth-order valence-corrected chi connectivity index (χ4v) is 5.48. The second kappa shape index (κ2) is 10.0. The van der Waals surface area contributed by atoms with E-state index in [0.717, 1.165) is 28.7 Å². The van der Waals surface area contributed by atoms with Crippen molar-refractivity contribution < 1.29 is 18.4 Å². The van der Waals surface area contributed by atoms with Crippen molar-refractivity contribution in [3.63, 3.8) is 0 Å². The molecule has 0 aromatic heterocycles. The zero-order chi connectivity index (χ0) is 21.6. The first kappa shape index (κ1) is 22.2. The molecule has 0 saturated carbocycles. The monoisotopic (exact) mass is 428 g/mol. The molecule has 1 atom stereocenters. The standard InChI is InChI=1S/C23H28N2O4S/c1-2-3-9-22(23(26)24-27)30(28,29)25-16-14-21(15-17-25)20-12-10-19(11-13-20)18-7-5-4-6-8-18/h4-8,10-14,22,27H,2-3,9,15-17H2,1H3,(H,24,26)/t22-/m0/s1. The Balaban J connectivity index is 1.73. The van der Waals surface area contributed by atoms with Crippen LogP contribution in [0.1, 0.15) is 38.2 Å². The Bertz CT molecular complexity index is 986. The Morgan fingerprint density at radius 1 is 1.07 bits per heavy atom. The Hall–Kier alpha value is -2.48. The number of hydrogen-bond acceptors (Lipinski definition) is 4. The Morgan fingerprint density at radius 2 is 1.70 bits per heavy atom. The SMILES string of the molecule is CCCC[C@@H](C(=O)NO)S(=O)(=O)N1CC=C(c2ccc(-c3ccccc3)cc2)CC1. The number of hydroxylamine groups is 1. The van der Waals surface area contributed by atoms with E-state index in [9.17, 15) is 13.2 Å². The van der Waals surface area contributed by atoms with Crippen LogP contribution in [-0.2, 0) is 14.8 Å². The number of sulfonamides is 1. The highest BCUT2D eigenvalue weighted by Gasteiger charge is 2.37. The van der Waals surface area contributed by atoms with Crippen LogP contribution < -0.4 is 5.48 Å². The maximum absolute atomic E-state index is 13.0. The van der Waals surface area contributed by atoms with Gasteiger partial charge >= 0.3 is 0 Å². The van der Waals surface area contributed by atoms with Crippen LogP contribution in [0, 0.1) is 0 Å². The summed E-state index contributed by atoms with van der Waals surface area (Å²) in [6, 6.07) is 18.4. The summed E-state index contributed by atoms with van der Waals surface area (Å²) in [7, 11) is -3.84. The average molecular weight is 429 g/mol. The summed E-state index contributed by atoms with van der Waals surface area (Å²) < 4.78 is 27.3. The van der Waals surface area contributed by atoms with Crippen molar-refractivity contribution in [3.05, 3.63) is 66.2 Å². The summed E-state index contributed by atoms with van der Waals surface area (Å²) in [5.41, 5.74) is 5.96. The molecule has 1 amide bonds. The molecule has 160 valence electrons. The van der Waals surface area contributed by atoms with Crippen molar-refractivity contribution in [2.24, 2.45) is 0 Å². The van der Waals surface area contributed by atoms with Gasteiger partial charge in [-0.2, -0.15) is 4.31 Å². The van der Waals surface area contributed by atoms with E-state index in [2.05, 4.69) is 36.4 Å². The molecule has 30 heavy (non-hydrogen) atoms. The van der Waals surface area contributed by atoms with E-state index in [-0.39, 0.29) is 13.0 Å². The van der Waals surface area contributed by atoms with E-state index < -0.39 is 21.2 Å². The molecule has 0 saturated heterocycles. The second-order valence-corrected chi connectivity index (χ2v) is 9.55. The van der Waals surface area contributed by atoms with Crippen LogP contribution in [0.15, 0.2) is 60.7 Å². The number of amides is 1. The summed E-state index contributed by atoms with van der Waals surface area (Å²) >= 11 is 0. The highest BCUT2D eigenvalue weighted by atomic mass is 32.2. The molecule has 3 rings (SSSR count). The summed E-state index contributed by atoms with van der Waals surface area (Å²) in [6.45, 7) is 2.47. The lowest BCUT2D eigenvalue weighted by Gasteiger charge is -2.29. The van der Waals surface area contributed by atoms with Gasteiger partial charge < -0.3 is 0 Å². The van der Waals surface area contributed by atoms with Crippen LogP contribution >= 0.6 is 0 Å². The lowest BCUT2D eigenvalue weighted by atomic mass is 9.97. The number of carbonyl (C=O) groups excluding carboxylic acids is 1. The highest BCUT2D eigenvalue weighted by molar-refractivity contribution is 7.90. The lowest BCUT2D eigenvalue weighted by Crippen LogP contribution is -2.47. The molecule has 2 N–H and O–H groups in total. The van der Waals surface area contributed by atoms with Gasteiger partial charge in [-0.05, 0) is 35.1 Å². The first-order valence-electron chi connectivity index (χ1n) is 10.2. The Kier molecular flexibility index (Phi) is 7.42. The van der Waals surface area contributed by atoms with Gasteiger partial charge in [-0.1, -0.05) is 80.4 Å². The summed E-state index contributed by atoms with van der Waals surface area (Å²) in [5.74, 6) is -0.866. The smallest absolute Gasteiger partial charge is 0.263 e. The molecule has 1 heterocycles. The van der Waals surface area contributed by atoms with Gasteiger partial charge in [-0.25, -0.2) is 13.9 Å². The van der Waals surface area contributed by atoms with Gasteiger partial charge in [-0.15, -0.1) is 0 Å². The van der Waals surface area contributed by atoms with E-state index in [1.165, 1.54) is 9.79 Å². The molecule has 0 radical (unpaired) electrons. The minimum Gasteiger partial charge on any atom is -0.289 e. The van der Waals surface area contributed by atoms with Crippen molar-refractivity contribution in [3.8, 4) is 11.1 Å². The first-order valence-corrected chi connectivity index (χ1v) is 11.8. The number of nitrogens with one attached hydrogen (secondary N) is 1. The molecule has 0 spiro atoms. The summed E-state index contributed by atoms with van der Waals surface area (Å²) in [5, 5.41) is 7.71. The molecular weight excluding hydrogens is 400 g/mol. The van der Waals surface area contributed by atoms with Crippen molar-refractivity contribution in [1.29, 1.82) is 0 Å². The van der Waals surface area contributed by atoms with Gasteiger partial charge in [-0.3, -0.25) is 10.0 Å². The minimum atomic E-state index is -3.84. The van der Waals surface area contributed by atoms with E-state index in [4.69, 9.17) is 5.21 Å². The molecule has 6 nitrogen and oxygen atoms in total. The van der Waals surface area contributed by atoms with Crippen molar-refractivity contribution in [2.45, 2.75) is 37.9 Å². The van der Waals surface area contributed by atoms with E-state index >= 15 is 0 Å². The normalized spacial score (nSPS) is 16.0. The molecule has 0 aliphatic carbocycles. The zero-order valence-electron chi connectivity index (χ0n) is 17.1. The largest absolute Gasteiger partial charge is 0.289 e. The third-order valence-corrected chi connectivity index (χ3v) is 7.70. The first-order chi connectivity index (χ1) is 14.5. The van der Waals surface area contributed by atoms with Crippen LogP contribution in [-0.4, -0.2) is 42.2 Å². The predicted molar refractivity (Wildman–Crippen MR) is 118 cm³/mol. The molecule has 1 aliphatic rings. The van der Waals surface area contributed by atoms with E-state index in [1.54, 1.807) is 0 Å². The summed E-state index contributed by atoms with van der Waals surface area (Å²) in [4.78, 5) is 12.0. The third kappa shape index (κ3) is 4.98.